The number of rotatable bonds is 3. The minimum absolute atomic E-state index is 0.629. The lowest BCUT2D eigenvalue weighted by molar-refractivity contribution is 0.638. The Balaban J connectivity index is 2.17. The summed E-state index contributed by atoms with van der Waals surface area (Å²) in [6.45, 7) is 4.38. The van der Waals surface area contributed by atoms with Crippen molar-refractivity contribution in [3.8, 4) is 0 Å². The zero-order valence-corrected chi connectivity index (χ0v) is 8.33. The molecule has 0 spiro atoms. The lowest BCUT2D eigenvalue weighted by atomic mass is 10.1. The number of anilines is 1. The molecule has 1 aromatic heterocycles. The molecular weight excluding hydrogens is 162 g/mol. The molecule has 1 aliphatic carbocycles. The van der Waals surface area contributed by atoms with Gasteiger partial charge in [0.25, 0.3) is 0 Å². The Morgan fingerprint density at radius 1 is 1.62 bits per heavy atom. The first-order valence-corrected chi connectivity index (χ1v) is 4.99. The lowest BCUT2D eigenvalue weighted by Crippen LogP contribution is -2.03. The SMILES string of the molecule is CC(C)Cc1ncn(C2CC2)c1N. The standard InChI is InChI=1S/C10H17N3/c1-7(2)5-9-10(11)13(6-12-9)8-3-4-8/h6-8H,3-5,11H2,1-2H3. The van der Waals surface area contributed by atoms with Crippen LogP contribution in [-0.4, -0.2) is 9.55 Å². The quantitative estimate of drug-likeness (QED) is 0.771. The summed E-state index contributed by atoms with van der Waals surface area (Å²) in [6, 6.07) is 0.647. The van der Waals surface area contributed by atoms with E-state index >= 15 is 0 Å². The van der Waals surface area contributed by atoms with Crippen molar-refractivity contribution >= 4 is 5.82 Å². The topological polar surface area (TPSA) is 43.8 Å². The van der Waals surface area contributed by atoms with Gasteiger partial charge in [0.2, 0.25) is 0 Å². The third-order valence-electron chi connectivity index (χ3n) is 2.45. The van der Waals surface area contributed by atoms with Crippen LogP contribution >= 0.6 is 0 Å². The molecule has 0 radical (unpaired) electrons. The molecule has 3 heteroatoms. The third kappa shape index (κ3) is 1.69. The largest absolute Gasteiger partial charge is 0.384 e. The average Bonchev–Trinajstić information content (AvgIpc) is 2.81. The monoisotopic (exact) mass is 179 g/mol. The Labute approximate surface area is 79.0 Å². The van der Waals surface area contributed by atoms with Crippen molar-refractivity contribution < 1.29 is 0 Å². The summed E-state index contributed by atoms with van der Waals surface area (Å²) in [5.41, 5.74) is 7.06. The molecule has 1 aliphatic rings. The van der Waals surface area contributed by atoms with Gasteiger partial charge in [-0.05, 0) is 25.2 Å². The normalized spacial score (nSPS) is 16.8. The van der Waals surface area contributed by atoms with Crippen LogP contribution in [0.4, 0.5) is 5.82 Å². The van der Waals surface area contributed by atoms with Crippen LogP contribution in [0.5, 0.6) is 0 Å². The summed E-state index contributed by atoms with van der Waals surface area (Å²) in [5, 5.41) is 0. The smallest absolute Gasteiger partial charge is 0.126 e. The fourth-order valence-corrected chi connectivity index (χ4v) is 1.60. The van der Waals surface area contributed by atoms with Gasteiger partial charge in [-0.3, -0.25) is 0 Å². The van der Waals surface area contributed by atoms with Crippen molar-refractivity contribution in [2.24, 2.45) is 5.92 Å². The molecule has 13 heavy (non-hydrogen) atoms. The van der Waals surface area contributed by atoms with E-state index in [0.717, 1.165) is 17.9 Å². The Morgan fingerprint density at radius 2 is 2.31 bits per heavy atom. The molecule has 0 amide bonds. The van der Waals surface area contributed by atoms with Crippen molar-refractivity contribution in [1.29, 1.82) is 0 Å². The molecule has 0 unspecified atom stereocenters. The molecule has 0 atom stereocenters. The Morgan fingerprint density at radius 3 is 2.85 bits per heavy atom. The van der Waals surface area contributed by atoms with Gasteiger partial charge in [-0.25, -0.2) is 4.98 Å². The second kappa shape index (κ2) is 3.05. The Hall–Kier alpha value is -0.990. The zero-order valence-electron chi connectivity index (χ0n) is 8.33. The minimum atomic E-state index is 0.629. The lowest BCUT2D eigenvalue weighted by Gasteiger charge is -2.04. The first-order chi connectivity index (χ1) is 6.18. The molecule has 1 heterocycles. The second-order valence-electron chi connectivity index (χ2n) is 4.31. The molecule has 0 aliphatic heterocycles. The number of nitrogen functional groups attached to an aromatic ring is 1. The Bertz CT molecular complexity index is 297. The summed E-state index contributed by atoms with van der Waals surface area (Å²) < 4.78 is 2.12. The molecule has 2 rings (SSSR count). The van der Waals surface area contributed by atoms with Gasteiger partial charge in [0.1, 0.15) is 5.82 Å². The first kappa shape index (κ1) is 8.60. The molecular formula is C10H17N3. The predicted octanol–water partition coefficient (Wildman–Crippen LogP) is 2.00. The van der Waals surface area contributed by atoms with Gasteiger partial charge in [-0.1, -0.05) is 13.8 Å². The number of nitrogens with zero attached hydrogens (tertiary/aromatic N) is 2. The number of imidazole rings is 1. The minimum Gasteiger partial charge on any atom is -0.384 e. The van der Waals surface area contributed by atoms with Crippen LogP contribution in [0.2, 0.25) is 0 Å². The highest BCUT2D eigenvalue weighted by atomic mass is 15.2. The van der Waals surface area contributed by atoms with E-state index in [9.17, 15) is 0 Å². The van der Waals surface area contributed by atoms with E-state index in [1.54, 1.807) is 0 Å². The molecule has 1 fully saturated rings. The van der Waals surface area contributed by atoms with Crippen LogP contribution in [-0.2, 0) is 6.42 Å². The van der Waals surface area contributed by atoms with E-state index in [2.05, 4.69) is 23.4 Å². The van der Waals surface area contributed by atoms with E-state index in [1.807, 2.05) is 6.33 Å². The number of aromatic nitrogens is 2. The molecule has 0 aromatic carbocycles. The first-order valence-electron chi connectivity index (χ1n) is 4.99. The summed E-state index contributed by atoms with van der Waals surface area (Å²) in [6.07, 6.45) is 5.42. The van der Waals surface area contributed by atoms with Gasteiger partial charge < -0.3 is 10.3 Å². The Kier molecular flexibility index (Phi) is 2.02. The number of nitrogens with two attached hydrogens (primary N) is 1. The fraction of sp³-hybridized carbons (Fsp3) is 0.700. The van der Waals surface area contributed by atoms with E-state index in [1.165, 1.54) is 12.8 Å². The zero-order chi connectivity index (χ0) is 9.42. The van der Waals surface area contributed by atoms with Crippen LogP contribution in [0.25, 0.3) is 0 Å². The van der Waals surface area contributed by atoms with Crippen LogP contribution in [0.15, 0.2) is 6.33 Å². The maximum absolute atomic E-state index is 5.99. The van der Waals surface area contributed by atoms with Crippen molar-refractivity contribution in [2.45, 2.75) is 39.2 Å². The molecule has 3 nitrogen and oxygen atoms in total. The van der Waals surface area contributed by atoms with Crippen molar-refractivity contribution in [1.82, 2.24) is 9.55 Å². The molecule has 0 saturated heterocycles. The van der Waals surface area contributed by atoms with E-state index < -0.39 is 0 Å². The number of hydrogen-bond acceptors (Lipinski definition) is 2. The third-order valence-corrected chi connectivity index (χ3v) is 2.45. The van der Waals surface area contributed by atoms with Gasteiger partial charge in [0, 0.05) is 6.04 Å². The molecule has 72 valence electrons. The van der Waals surface area contributed by atoms with Gasteiger partial charge in [-0.2, -0.15) is 0 Å². The van der Waals surface area contributed by atoms with Gasteiger partial charge in [-0.15, -0.1) is 0 Å². The van der Waals surface area contributed by atoms with Crippen LogP contribution in [0, 0.1) is 5.92 Å². The molecule has 1 aromatic rings. The van der Waals surface area contributed by atoms with Crippen LogP contribution in [0.1, 0.15) is 38.4 Å². The maximum Gasteiger partial charge on any atom is 0.126 e. The summed E-state index contributed by atoms with van der Waals surface area (Å²) in [7, 11) is 0. The second-order valence-corrected chi connectivity index (χ2v) is 4.31. The molecule has 0 bridgehead atoms. The predicted molar refractivity (Wildman–Crippen MR) is 53.5 cm³/mol. The summed E-state index contributed by atoms with van der Waals surface area (Å²) in [5.74, 6) is 1.51. The van der Waals surface area contributed by atoms with Gasteiger partial charge in [0.15, 0.2) is 0 Å². The van der Waals surface area contributed by atoms with Crippen LogP contribution < -0.4 is 5.73 Å². The van der Waals surface area contributed by atoms with E-state index in [4.69, 9.17) is 5.73 Å². The number of hydrogen-bond donors (Lipinski definition) is 1. The van der Waals surface area contributed by atoms with E-state index in [0.29, 0.717) is 12.0 Å². The maximum atomic E-state index is 5.99. The van der Waals surface area contributed by atoms with Crippen molar-refractivity contribution in [3.63, 3.8) is 0 Å². The van der Waals surface area contributed by atoms with Crippen molar-refractivity contribution in [2.75, 3.05) is 5.73 Å². The molecule has 2 N–H and O–H groups in total. The highest BCUT2D eigenvalue weighted by Crippen LogP contribution is 2.37. The average molecular weight is 179 g/mol. The highest BCUT2D eigenvalue weighted by Gasteiger charge is 2.26. The fourth-order valence-electron chi connectivity index (χ4n) is 1.60. The molecule has 1 saturated carbocycles. The van der Waals surface area contributed by atoms with Gasteiger partial charge in [0.05, 0.1) is 12.0 Å². The van der Waals surface area contributed by atoms with Crippen molar-refractivity contribution in [3.05, 3.63) is 12.0 Å². The highest BCUT2D eigenvalue weighted by molar-refractivity contribution is 5.37. The van der Waals surface area contributed by atoms with Gasteiger partial charge >= 0.3 is 0 Å². The van der Waals surface area contributed by atoms with Crippen LogP contribution in [0.3, 0.4) is 0 Å². The van der Waals surface area contributed by atoms with E-state index in [-0.39, 0.29) is 0 Å². The summed E-state index contributed by atoms with van der Waals surface area (Å²) in [4.78, 5) is 4.36. The summed E-state index contributed by atoms with van der Waals surface area (Å²) >= 11 is 0.